The normalized spacial score (nSPS) is 35.0. The highest BCUT2D eigenvalue weighted by Crippen LogP contribution is 2.42. The van der Waals surface area contributed by atoms with Gasteiger partial charge in [-0.25, -0.2) is 8.42 Å². The maximum Gasteiger partial charge on any atom is 0.221 e. The molecule has 7 heteroatoms. The molecule has 6 nitrogen and oxygen atoms in total. The molecule has 3 atom stereocenters. The van der Waals surface area contributed by atoms with Gasteiger partial charge in [-0.15, -0.1) is 0 Å². The van der Waals surface area contributed by atoms with Gasteiger partial charge in [0.1, 0.15) is 0 Å². The lowest BCUT2D eigenvalue weighted by atomic mass is 9.64. The predicted molar refractivity (Wildman–Crippen MR) is 76.2 cm³/mol. The van der Waals surface area contributed by atoms with Gasteiger partial charge in [0.15, 0.2) is 9.84 Å². The average Bonchev–Trinajstić information content (AvgIpc) is 2.32. The summed E-state index contributed by atoms with van der Waals surface area (Å²) in [5.74, 6) is 0.123. The van der Waals surface area contributed by atoms with E-state index in [4.69, 9.17) is 4.74 Å². The third-order valence-corrected chi connectivity index (χ3v) is 6.27. The fourth-order valence-electron chi connectivity index (χ4n) is 3.01. The van der Waals surface area contributed by atoms with Gasteiger partial charge in [-0.1, -0.05) is 13.8 Å². The second-order valence-electron chi connectivity index (χ2n) is 6.37. The zero-order chi connectivity index (χ0) is 15.0. The molecule has 2 N–H and O–H groups in total. The Labute approximate surface area is 120 Å². The molecule has 116 valence electrons. The molecule has 0 spiro atoms. The Morgan fingerprint density at radius 2 is 2.15 bits per heavy atom. The van der Waals surface area contributed by atoms with Crippen LogP contribution in [-0.4, -0.2) is 57.7 Å². The Morgan fingerprint density at radius 1 is 1.45 bits per heavy atom. The second kappa shape index (κ2) is 5.61. The van der Waals surface area contributed by atoms with Gasteiger partial charge < -0.3 is 15.4 Å². The van der Waals surface area contributed by atoms with E-state index in [0.717, 1.165) is 6.42 Å². The Bertz CT molecular complexity index is 475. The molecule has 1 aliphatic heterocycles. The van der Waals surface area contributed by atoms with Gasteiger partial charge >= 0.3 is 0 Å². The molecular formula is C13H24N2O4S. The molecule has 1 saturated carbocycles. The first-order chi connectivity index (χ1) is 9.24. The van der Waals surface area contributed by atoms with E-state index in [0.29, 0.717) is 6.54 Å². The van der Waals surface area contributed by atoms with Gasteiger partial charge in [-0.3, -0.25) is 4.79 Å². The summed E-state index contributed by atoms with van der Waals surface area (Å²) in [5.41, 5.74) is -0.0729. The first-order valence-electron chi connectivity index (χ1n) is 7.00. The van der Waals surface area contributed by atoms with E-state index in [9.17, 15) is 13.2 Å². The molecule has 1 heterocycles. The fraction of sp³-hybridized carbons (Fsp3) is 0.923. The molecule has 0 aromatic heterocycles. The van der Waals surface area contributed by atoms with Crippen LogP contribution < -0.4 is 10.6 Å². The van der Waals surface area contributed by atoms with Crippen LogP contribution in [0.5, 0.6) is 0 Å². The van der Waals surface area contributed by atoms with Crippen LogP contribution in [-0.2, 0) is 19.4 Å². The van der Waals surface area contributed by atoms with Gasteiger partial charge in [-0.05, 0) is 6.42 Å². The molecule has 1 amide bonds. The summed E-state index contributed by atoms with van der Waals surface area (Å²) in [4.78, 5) is 12.0. The molecule has 0 radical (unpaired) electrons. The Morgan fingerprint density at radius 3 is 2.70 bits per heavy atom. The van der Waals surface area contributed by atoms with Crippen LogP contribution in [0, 0.1) is 5.41 Å². The van der Waals surface area contributed by atoms with E-state index in [1.165, 1.54) is 0 Å². The standard InChI is InChI=1S/C13H24N2O4S/c1-13(2)10(7-11(13)19-3)15-12(16)6-9-8-20(17,18)5-4-14-9/h9-11,14H,4-8H2,1-3H3,(H,15,16). The highest BCUT2D eigenvalue weighted by Gasteiger charge is 2.49. The maximum absolute atomic E-state index is 12.0. The Balaban J connectivity index is 1.82. The van der Waals surface area contributed by atoms with Crippen molar-refractivity contribution in [3.05, 3.63) is 0 Å². The van der Waals surface area contributed by atoms with Crippen LogP contribution in [0.15, 0.2) is 0 Å². The largest absolute Gasteiger partial charge is 0.381 e. The number of carbonyl (C=O) groups excluding carboxylic acids is 1. The lowest BCUT2D eigenvalue weighted by Crippen LogP contribution is -2.62. The molecule has 0 aromatic carbocycles. The summed E-state index contributed by atoms with van der Waals surface area (Å²) < 4.78 is 28.4. The molecule has 2 aliphatic rings. The lowest BCUT2D eigenvalue weighted by Gasteiger charge is -2.51. The van der Waals surface area contributed by atoms with Crippen LogP contribution in [0.4, 0.5) is 0 Å². The van der Waals surface area contributed by atoms with Crippen LogP contribution in [0.25, 0.3) is 0 Å². The van der Waals surface area contributed by atoms with E-state index >= 15 is 0 Å². The highest BCUT2D eigenvalue weighted by molar-refractivity contribution is 7.91. The molecule has 0 bridgehead atoms. The van der Waals surface area contributed by atoms with Gasteiger partial charge in [-0.2, -0.15) is 0 Å². The second-order valence-corrected chi connectivity index (χ2v) is 8.60. The van der Waals surface area contributed by atoms with Crippen molar-refractivity contribution in [1.82, 2.24) is 10.6 Å². The monoisotopic (exact) mass is 304 g/mol. The molecule has 3 unspecified atom stereocenters. The number of sulfone groups is 1. The summed E-state index contributed by atoms with van der Waals surface area (Å²) in [6.45, 7) is 4.57. The molecule has 20 heavy (non-hydrogen) atoms. The molecule has 2 rings (SSSR count). The Hall–Kier alpha value is -0.660. The number of nitrogens with one attached hydrogen (secondary N) is 2. The van der Waals surface area contributed by atoms with Crippen molar-refractivity contribution in [1.29, 1.82) is 0 Å². The minimum absolute atomic E-state index is 0.0508. The minimum atomic E-state index is -3.00. The van der Waals surface area contributed by atoms with Gasteiger partial charge in [0.2, 0.25) is 5.91 Å². The third-order valence-electron chi connectivity index (χ3n) is 4.53. The fourth-order valence-corrected chi connectivity index (χ4v) is 4.45. The highest BCUT2D eigenvalue weighted by atomic mass is 32.2. The van der Waals surface area contributed by atoms with E-state index in [1.807, 2.05) is 0 Å². The number of amides is 1. The molecule has 1 aliphatic carbocycles. The van der Waals surface area contributed by atoms with Crippen molar-refractivity contribution in [2.45, 2.75) is 44.9 Å². The number of hydrogen-bond donors (Lipinski definition) is 2. The van der Waals surface area contributed by atoms with E-state index < -0.39 is 9.84 Å². The van der Waals surface area contributed by atoms with Gasteiger partial charge in [0, 0.05) is 37.6 Å². The van der Waals surface area contributed by atoms with Crippen LogP contribution in [0.3, 0.4) is 0 Å². The molecule has 0 aromatic rings. The third kappa shape index (κ3) is 3.32. The summed E-state index contributed by atoms with van der Waals surface area (Å²) in [7, 11) is -1.31. The predicted octanol–water partition coefficient (Wildman–Crippen LogP) is -0.307. The van der Waals surface area contributed by atoms with Crippen molar-refractivity contribution in [3.63, 3.8) is 0 Å². The number of hydrogen-bond acceptors (Lipinski definition) is 5. The summed E-state index contributed by atoms with van der Waals surface area (Å²) in [6.07, 6.45) is 1.19. The van der Waals surface area contributed by atoms with Crippen LogP contribution in [0.2, 0.25) is 0 Å². The lowest BCUT2D eigenvalue weighted by molar-refractivity contribution is -0.133. The van der Waals surface area contributed by atoms with Crippen molar-refractivity contribution >= 4 is 15.7 Å². The Kier molecular flexibility index (Phi) is 4.41. The quantitative estimate of drug-likeness (QED) is 0.744. The van der Waals surface area contributed by atoms with Gasteiger partial charge in [0.05, 0.1) is 17.6 Å². The van der Waals surface area contributed by atoms with Crippen molar-refractivity contribution < 1.29 is 17.9 Å². The SMILES string of the molecule is COC1CC(NC(=O)CC2CS(=O)(=O)CCN2)C1(C)C. The van der Waals surface area contributed by atoms with Crippen molar-refractivity contribution in [2.75, 3.05) is 25.2 Å². The van der Waals surface area contributed by atoms with Crippen molar-refractivity contribution in [2.24, 2.45) is 5.41 Å². The topological polar surface area (TPSA) is 84.5 Å². The molecule has 2 fully saturated rings. The number of carbonyl (C=O) groups is 1. The zero-order valence-corrected chi connectivity index (χ0v) is 13.1. The number of methoxy groups -OCH3 is 1. The number of rotatable bonds is 4. The van der Waals surface area contributed by atoms with E-state index in [2.05, 4.69) is 24.5 Å². The van der Waals surface area contributed by atoms with E-state index in [1.54, 1.807) is 7.11 Å². The van der Waals surface area contributed by atoms with E-state index in [-0.39, 0.29) is 47.4 Å². The first kappa shape index (κ1) is 15.7. The summed E-state index contributed by atoms with van der Waals surface area (Å²) in [6, 6.07) is -0.171. The smallest absolute Gasteiger partial charge is 0.221 e. The maximum atomic E-state index is 12.0. The molecular weight excluding hydrogens is 280 g/mol. The summed E-state index contributed by atoms with van der Waals surface area (Å²) in [5, 5.41) is 6.08. The minimum Gasteiger partial charge on any atom is -0.381 e. The van der Waals surface area contributed by atoms with Crippen LogP contribution >= 0.6 is 0 Å². The van der Waals surface area contributed by atoms with Crippen LogP contribution in [0.1, 0.15) is 26.7 Å². The van der Waals surface area contributed by atoms with Gasteiger partial charge in [0.25, 0.3) is 0 Å². The summed E-state index contributed by atoms with van der Waals surface area (Å²) >= 11 is 0. The molecule has 1 saturated heterocycles. The first-order valence-corrected chi connectivity index (χ1v) is 8.82. The number of ether oxygens (including phenoxy) is 1. The van der Waals surface area contributed by atoms with Crippen molar-refractivity contribution in [3.8, 4) is 0 Å². The zero-order valence-electron chi connectivity index (χ0n) is 12.3. The average molecular weight is 304 g/mol.